The lowest BCUT2D eigenvalue weighted by Gasteiger charge is -2.18. The SMILES string of the molecule is CNc1cccc(N(C)c2nccc(Oc3ccc4c(ccn4-c4ccccn4)c3)n2)c1. The molecule has 7 heteroatoms. The monoisotopic (exact) mass is 422 g/mol. The number of aromatic nitrogens is 4. The van der Waals surface area contributed by atoms with Crippen molar-refractivity contribution in [3.63, 3.8) is 0 Å². The summed E-state index contributed by atoms with van der Waals surface area (Å²) in [6, 6.07) is 23.7. The van der Waals surface area contributed by atoms with Crippen molar-refractivity contribution in [1.29, 1.82) is 0 Å². The summed E-state index contributed by atoms with van der Waals surface area (Å²) in [5, 5.41) is 4.21. The lowest BCUT2D eigenvalue weighted by molar-refractivity contribution is 0.462. The van der Waals surface area contributed by atoms with E-state index >= 15 is 0 Å². The van der Waals surface area contributed by atoms with Gasteiger partial charge in [-0.1, -0.05) is 12.1 Å². The molecular weight excluding hydrogens is 400 g/mol. The lowest BCUT2D eigenvalue weighted by atomic mass is 10.2. The van der Waals surface area contributed by atoms with Gasteiger partial charge in [-0.05, 0) is 54.6 Å². The van der Waals surface area contributed by atoms with Gasteiger partial charge in [0.05, 0.1) is 5.52 Å². The molecule has 0 atom stereocenters. The largest absolute Gasteiger partial charge is 0.439 e. The molecule has 158 valence electrons. The lowest BCUT2D eigenvalue weighted by Crippen LogP contribution is -2.13. The van der Waals surface area contributed by atoms with Crippen molar-refractivity contribution in [2.45, 2.75) is 0 Å². The van der Waals surface area contributed by atoms with Crippen molar-refractivity contribution in [2.24, 2.45) is 0 Å². The summed E-state index contributed by atoms with van der Waals surface area (Å²) in [4.78, 5) is 15.3. The molecule has 0 spiro atoms. The Hall–Kier alpha value is -4.39. The molecule has 2 aromatic carbocycles. The predicted octanol–water partition coefficient (Wildman–Crippen LogP) is 5.42. The maximum atomic E-state index is 6.06. The summed E-state index contributed by atoms with van der Waals surface area (Å²) in [5.41, 5.74) is 3.06. The molecule has 0 saturated carbocycles. The molecule has 5 aromatic rings. The van der Waals surface area contributed by atoms with Crippen LogP contribution < -0.4 is 15.0 Å². The summed E-state index contributed by atoms with van der Waals surface area (Å²) in [7, 11) is 3.83. The highest BCUT2D eigenvalue weighted by atomic mass is 16.5. The highest BCUT2D eigenvalue weighted by Crippen LogP contribution is 2.29. The van der Waals surface area contributed by atoms with Gasteiger partial charge < -0.3 is 19.5 Å². The fourth-order valence-electron chi connectivity index (χ4n) is 3.54. The quantitative estimate of drug-likeness (QED) is 0.394. The average Bonchev–Trinajstić information content (AvgIpc) is 3.27. The van der Waals surface area contributed by atoms with Crippen LogP contribution in [0.1, 0.15) is 0 Å². The summed E-state index contributed by atoms with van der Waals surface area (Å²) in [6.45, 7) is 0. The second-order valence-corrected chi connectivity index (χ2v) is 7.25. The van der Waals surface area contributed by atoms with E-state index in [1.807, 2.05) is 91.9 Å². The first-order valence-electron chi connectivity index (χ1n) is 10.3. The van der Waals surface area contributed by atoms with E-state index in [2.05, 4.69) is 24.8 Å². The molecule has 7 nitrogen and oxygen atoms in total. The van der Waals surface area contributed by atoms with E-state index in [1.54, 1.807) is 18.5 Å². The fraction of sp³-hybridized carbons (Fsp3) is 0.0800. The van der Waals surface area contributed by atoms with Crippen LogP contribution in [0.5, 0.6) is 11.6 Å². The standard InChI is InChI=1S/C25H22N6O/c1-26-19-6-5-7-20(17-19)30(2)25-28-14-11-24(29-25)32-21-9-10-22-18(16-21)12-15-31(22)23-8-3-4-13-27-23/h3-17,26H,1-2H3. The normalized spacial score (nSPS) is 10.8. The number of anilines is 3. The molecule has 3 heterocycles. The van der Waals surface area contributed by atoms with Crippen molar-refractivity contribution in [3.8, 4) is 17.4 Å². The van der Waals surface area contributed by atoms with Crippen LogP contribution in [-0.4, -0.2) is 33.6 Å². The zero-order valence-corrected chi connectivity index (χ0v) is 17.8. The first kappa shape index (κ1) is 19.6. The van der Waals surface area contributed by atoms with Gasteiger partial charge in [0.15, 0.2) is 0 Å². The van der Waals surface area contributed by atoms with Gasteiger partial charge in [-0.3, -0.25) is 0 Å². The van der Waals surface area contributed by atoms with Crippen LogP contribution in [0.3, 0.4) is 0 Å². The number of ether oxygens (including phenoxy) is 1. The number of nitrogens with one attached hydrogen (secondary N) is 1. The molecule has 0 fully saturated rings. The van der Waals surface area contributed by atoms with Gasteiger partial charge in [0, 0.05) is 55.5 Å². The molecule has 0 aliphatic rings. The van der Waals surface area contributed by atoms with Crippen LogP contribution in [0.4, 0.5) is 17.3 Å². The third-order valence-electron chi connectivity index (χ3n) is 5.22. The number of nitrogens with zero attached hydrogens (tertiary/aromatic N) is 5. The van der Waals surface area contributed by atoms with Crippen molar-refractivity contribution in [1.82, 2.24) is 19.5 Å². The van der Waals surface area contributed by atoms with Crippen LogP contribution in [-0.2, 0) is 0 Å². The first-order chi connectivity index (χ1) is 15.7. The van der Waals surface area contributed by atoms with E-state index in [0.717, 1.165) is 28.1 Å². The Kier molecular flexibility index (Phi) is 5.13. The van der Waals surface area contributed by atoms with Gasteiger partial charge in [-0.15, -0.1) is 0 Å². The molecule has 0 bridgehead atoms. The van der Waals surface area contributed by atoms with Gasteiger partial charge in [0.1, 0.15) is 11.6 Å². The summed E-state index contributed by atoms with van der Waals surface area (Å²) < 4.78 is 8.11. The van der Waals surface area contributed by atoms with Gasteiger partial charge >= 0.3 is 0 Å². The third-order valence-corrected chi connectivity index (χ3v) is 5.22. The summed E-state index contributed by atoms with van der Waals surface area (Å²) >= 11 is 0. The molecule has 32 heavy (non-hydrogen) atoms. The molecule has 0 aliphatic carbocycles. The third kappa shape index (κ3) is 3.83. The summed E-state index contributed by atoms with van der Waals surface area (Å²) in [6.07, 6.45) is 5.50. The maximum Gasteiger partial charge on any atom is 0.232 e. The second kappa shape index (κ2) is 8.39. The van der Waals surface area contributed by atoms with E-state index in [1.165, 1.54) is 0 Å². The Labute approximate surface area is 186 Å². The molecule has 3 aromatic heterocycles. The fourth-order valence-corrected chi connectivity index (χ4v) is 3.54. The molecule has 0 saturated heterocycles. The van der Waals surface area contributed by atoms with E-state index in [4.69, 9.17) is 4.74 Å². The molecular formula is C25H22N6O. The zero-order valence-electron chi connectivity index (χ0n) is 17.8. The molecule has 1 N–H and O–H groups in total. The molecule has 5 rings (SSSR count). The Morgan fingerprint density at radius 2 is 1.84 bits per heavy atom. The number of hydrogen-bond acceptors (Lipinski definition) is 6. The minimum Gasteiger partial charge on any atom is -0.439 e. The Balaban J connectivity index is 1.39. The second-order valence-electron chi connectivity index (χ2n) is 7.25. The Morgan fingerprint density at radius 3 is 2.69 bits per heavy atom. The van der Waals surface area contributed by atoms with Crippen molar-refractivity contribution >= 4 is 28.2 Å². The Morgan fingerprint density at radius 1 is 0.906 bits per heavy atom. The highest BCUT2D eigenvalue weighted by Gasteiger charge is 2.11. The number of rotatable bonds is 6. The topological polar surface area (TPSA) is 68.1 Å². The zero-order chi connectivity index (χ0) is 21.9. The number of hydrogen-bond donors (Lipinski definition) is 1. The van der Waals surface area contributed by atoms with E-state index in [-0.39, 0.29) is 0 Å². The maximum absolute atomic E-state index is 6.06. The first-order valence-corrected chi connectivity index (χ1v) is 10.3. The predicted molar refractivity (Wildman–Crippen MR) is 127 cm³/mol. The van der Waals surface area contributed by atoms with Crippen LogP contribution >= 0.6 is 0 Å². The van der Waals surface area contributed by atoms with E-state index in [9.17, 15) is 0 Å². The van der Waals surface area contributed by atoms with Crippen LogP contribution in [0.15, 0.2) is 91.4 Å². The van der Waals surface area contributed by atoms with Crippen molar-refractivity contribution in [2.75, 3.05) is 24.3 Å². The number of fused-ring (bicyclic) bond motifs is 1. The number of benzene rings is 2. The molecule has 0 aliphatic heterocycles. The van der Waals surface area contributed by atoms with Gasteiger partial charge in [-0.2, -0.15) is 4.98 Å². The van der Waals surface area contributed by atoms with Gasteiger partial charge in [0.2, 0.25) is 11.8 Å². The minimum absolute atomic E-state index is 0.482. The van der Waals surface area contributed by atoms with Crippen molar-refractivity contribution < 1.29 is 4.74 Å². The van der Waals surface area contributed by atoms with E-state index < -0.39 is 0 Å². The van der Waals surface area contributed by atoms with Gasteiger partial charge in [0.25, 0.3) is 0 Å². The van der Waals surface area contributed by atoms with Crippen LogP contribution in [0.2, 0.25) is 0 Å². The highest BCUT2D eigenvalue weighted by molar-refractivity contribution is 5.83. The smallest absolute Gasteiger partial charge is 0.232 e. The van der Waals surface area contributed by atoms with Crippen LogP contribution in [0, 0.1) is 0 Å². The minimum atomic E-state index is 0.482. The average molecular weight is 422 g/mol. The number of pyridine rings is 1. The van der Waals surface area contributed by atoms with E-state index in [0.29, 0.717) is 17.6 Å². The Bertz CT molecular complexity index is 1370. The van der Waals surface area contributed by atoms with Crippen LogP contribution in [0.25, 0.3) is 16.7 Å². The molecule has 0 unspecified atom stereocenters. The molecule has 0 radical (unpaired) electrons. The molecule has 0 amide bonds. The van der Waals surface area contributed by atoms with Gasteiger partial charge in [-0.25, -0.2) is 9.97 Å². The summed E-state index contributed by atoms with van der Waals surface area (Å²) in [5.74, 6) is 2.62. The van der Waals surface area contributed by atoms with Crippen molar-refractivity contribution in [3.05, 3.63) is 91.4 Å².